The molecule has 2 N–H and O–H groups in total. The van der Waals surface area contributed by atoms with Crippen LogP contribution in [-0.4, -0.2) is 41.0 Å². The second-order valence-corrected chi connectivity index (χ2v) is 9.87. The smallest absolute Gasteiger partial charge is 0.319 e. The van der Waals surface area contributed by atoms with Gasteiger partial charge in [0.15, 0.2) is 0 Å². The lowest BCUT2D eigenvalue weighted by atomic mass is 10.0. The summed E-state index contributed by atoms with van der Waals surface area (Å²) in [7, 11) is 0. The first-order valence-corrected chi connectivity index (χ1v) is 13.8. The molecule has 0 aromatic heterocycles. The standard InChI is InChI=1S/C27H38IN3O/c28-19-11-4-2-1-3-5-12-20-31-21-17-24(18-22-31)29-27(32)30-26-16-10-9-15-25(26)23-13-7-6-8-14-23/h6-10,13-16,24H,1-5,11-12,17-22H2,(H2,29,30,32). The maximum absolute atomic E-state index is 12.6. The third kappa shape index (κ3) is 8.74. The van der Waals surface area contributed by atoms with Crippen molar-refractivity contribution in [2.75, 3.05) is 29.4 Å². The fraction of sp³-hybridized carbons (Fsp3) is 0.519. The molecule has 0 unspecified atom stereocenters. The molecule has 1 aliphatic heterocycles. The number of anilines is 1. The summed E-state index contributed by atoms with van der Waals surface area (Å²) < 4.78 is 1.30. The Kier molecular flexibility index (Phi) is 11.4. The number of carbonyl (C=O) groups is 1. The Labute approximate surface area is 207 Å². The van der Waals surface area contributed by atoms with Gasteiger partial charge in [0.2, 0.25) is 0 Å². The Morgan fingerprint density at radius 1 is 0.844 bits per heavy atom. The Balaban J connectivity index is 1.33. The van der Waals surface area contributed by atoms with Gasteiger partial charge in [0, 0.05) is 24.7 Å². The molecular formula is C27H38IN3O. The van der Waals surface area contributed by atoms with Crippen LogP contribution < -0.4 is 10.6 Å². The van der Waals surface area contributed by atoms with Gasteiger partial charge in [-0.2, -0.15) is 0 Å². The molecule has 4 nitrogen and oxygen atoms in total. The molecule has 1 fully saturated rings. The summed E-state index contributed by atoms with van der Waals surface area (Å²) in [5.41, 5.74) is 3.00. The largest absolute Gasteiger partial charge is 0.335 e. The van der Waals surface area contributed by atoms with E-state index in [1.165, 1.54) is 55.9 Å². The fourth-order valence-electron chi connectivity index (χ4n) is 4.42. The van der Waals surface area contributed by atoms with Gasteiger partial charge in [-0.1, -0.05) is 103 Å². The minimum absolute atomic E-state index is 0.102. The normalized spacial score (nSPS) is 14.9. The fourth-order valence-corrected chi connectivity index (χ4v) is 4.96. The number of halogens is 1. The van der Waals surface area contributed by atoms with E-state index < -0.39 is 0 Å². The van der Waals surface area contributed by atoms with E-state index in [-0.39, 0.29) is 12.1 Å². The summed E-state index contributed by atoms with van der Waals surface area (Å²) in [4.78, 5) is 15.2. The number of urea groups is 1. The lowest BCUT2D eigenvalue weighted by molar-refractivity contribution is 0.193. The summed E-state index contributed by atoms with van der Waals surface area (Å²) in [6, 6.07) is 18.3. The summed E-state index contributed by atoms with van der Waals surface area (Å²) in [6.07, 6.45) is 11.7. The van der Waals surface area contributed by atoms with Gasteiger partial charge in [-0.3, -0.25) is 0 Å². The zero-order valence-electron chi connectivity index (χ0n) is 19.2. The van der Waals surface area contributed by atoms with Crippen molar-refractivity contribution < 1.29 is 4.79 Å². The molecule has 2 aromatic rings. The predicted molar refractivity (Wildman–Crippen MR) is 145 cm³/mol. The number of nitrogens with one attached hydrogen (secondary N) is 2. The second-order valence-electron chi connectivity index (χ2n) is 8.79. The van der Waals surface area contributed by atoms with Crippen molar-refractivity contribution in [2.24, 2.45) is 0 Å². The Morgan fingerprint density at radius 3 is 2.19 bits per heavy atom. The molecule has 5 heteroatoms. The van der Waals surface area contributed by atoms with E-state index >= 15 is 0 Å². The Morgan fingerprint density at radius 2 is 1.47 bits per heavy atom. The van der Waals surface area contributed by atoms with Gasteiger partial charge in [-0.15, -0.1) is 0 Å². The van der Waals surface area contributed by atoms with E-state index in [2.05, 4.69) is 50.3 Å². The second kappa shape index (κ2) is 14.5. The van der Waals surface area contributed by atoms with Gasteiger partial charge in [0.05, 0.1) is 5.69 Å². The minimum Gasteiger partial charge on any atom is -0.335 e. The monoisotopic (exact) mass is 547 g/mol. The first-order valence-electron chi connectivity index (χ1n) is 12.3. The van der Waals surface area contributed by atoms with E-state index in [1.807, 2.05) is 42.5 Å². The average molecular weight is 548 g/mol. The summed E-state index contributed by atoms with van der Waals surface area (Å²) in [5.74, 6) is 0. The number of likely N-dealkylation sites (tertiary alicyclic amines) is 1. The van der Waals surface area contributed by atoms with Gasteiger partial charge < -0.3 is 15.5 Å². The highest BCUT2D eigenvalue weighted by atomic mass is 127. The van der Waals surface area contributed by atoms with Crippen LogP contribution in [-0.2, 0) is 0 Å². The maximum Gasteiger partial charge on any atom is 0.319 e. The highest BCUT2D eigenvalue weighted by Crippen LogP contribution is 2.27. The number of rotatable bonds is 12. The van der Waals surface area contributed by atoms with Crippen LogP contribution in [0.3, 0.4) is 0 Å². The Hall–Kier alpha value is -1.60. The molecule has 0 spiro atoms. The molecule has 0 saturated carbocycles. The number of unbranched alkanes of at least 4 members (excludes halogenated alkanes) is 6. The molecule has 0 aliphatic carbocycles. The molecule has 32 heavy (non-hydrogen) atoms. The van der Waals surface area contributed by atoms with E-state index in [9.17, 15) is 4.79 Å². The number of nitrogens with zero attached hydrogens (tertiary/aromatic N) is 1. The lowest BCUT2D eigenvalue weighted by Gasteiger charge is -2.32. The number of benzene rings is 2. The molecule has 1 saturated heterocycles. The van der Waals surface area contributed by atoms with Crippen molar-refractivity contribution in [3.63, 3.8) is 0 Å². The molecule has 2 amide bonds. The van der Waals surface area contributed by atoms with Gasteiger partial charge in [0.25, 0.3) is 0 Å². The Bertz CT molecular complexity index is 790. The number of amides is 2. The van der Waals surface area contributed by atoms with Crippen molar-refractivity contribution in [3.8, 4) is 11.1 Å². The van der Waals surface area contributed by atoms with Crippen LogP contribution in [0.5, 0.6) is 0 Å². The molecule has 174 valence electrons. The van der Waals surface area contributed by atoms with E-state index in [1.54, 1.807) is 0 Å². The van der Waals surface area contributed by atoms with Crippen LogP contribution in [0.2, 0.25) is 0 Å². The van der Waals surface area contributed by atoms with Crippen LogP contribution in [0.4, 0.5) is 10.5 Å². The summed E-state index contributed by atoms with van der Waals surface area (Å²) in [6.45, 7) is 3.37. The molecular weight excluding hydrogens is 509 g/mol. The first kappa shape index (κ1) is 25.0. The zero-order chi connectivity index (χ0) is 22.4. The number of para-hydroxylation sites is 1. The van der Waals surface area contributed by atoms with Crippen LogP contribution in [0.1, 0.15) is 57.8 Å². The molecule has 0 bridgehead atoms. The lowest BCUT2D eigenvalue weighted by Crippen LogP contribution is -2.46. The van der Waals surface area contributed by atoms with E-state index in [0.29, 0.717) is 0 Å². The minimum atomic E-state index is -0.102. The first-order chi connectivity index (χ1) is 15.8. The van der Waals surface area contributed by atoms with Crippen LogP contribution >= 0.6 is 22.6 Å². The van der Waals surface area contributed by atoms with E-state index in [4.69, 9.17) is 0 Å². The highest BCUT2D eigenvalue weighted by Gasteiger charge is 2.20. The molecule has 2 aromatic carbocycles. The van der Waals surface area contributed by atoms with Crippen LogP contribution in [0, 0.1) is 0 Å². The van der Waals surface area contributed by atoms with Gasteiger partial charge in [0.1, 0.15) is 0 Å². The number of hydrogen-bond donors (Lipinski definition) is 2. The third-order valence-electron chi connectivity index (χ3n) is 6.29. The zero-order valence-corrected chi connectivity index (χ0v) is 21.4. The van der Waals surface area contributed by atoms with Gasteiger partial charge >= 0.3 is 6.03 Å². The SMILES string of the molecule is O=C(Nc1ccccc1-c1ccccc1)NC1CCN(CCCCCCCCCI)CC1. The van der Waals surface area contributed by atoms with Crippen molar-refractivity contribution >= 4 is 34.3 Å². The van der Waals surface area contributed by atoms with Crippen molar-refractivity contribution in [2.45, 2.75) is 63.8 Å². The van der Waals surface area contributed by atoms with Crippen molar-refractivity contribution in [1.82, 2.24) is 10.2 Å². The number of piperidine rings is 1. The molecule has 0 radical (unpaired) electrons. The molecule has 0 atom stereocenters. The quantitative estimate of drug-likeness (QED) is 0.169. The molecule has 3 rings (SSSR count). The number of carbonyl (C=O) groups excluding carboxylic acids is 1. The third-order valence-corrected chi connectivity index (χ3v) is 7.05. The summed E-state index contributed by atoms with van der Waals surface area (Å²) >= 11 is 2.47. The van der Waals surface area contributed by atoms with E-state index in [0.717, 1.165) is 42.7 Å². The number of hydrogen-bond acceptors (Lipinski definition) is 2. The van der Waals surface area contributed by atoms with Crippen LogP contribution in [0.25, 0.3) is 11.1 Å². The highest BCUT2D eigenvalue weighted by molar-refractivity contribution is 14.1. The number of alkyl halides is 1. The average Bonchev–Trinajstić information content (AvgIpc) is 2.83. The predicted octanol–water partition coefficient (Wildman–Crippen LogP) is 7.11. The van der Waals surface area contributed by atoms with Gasteiger partial charge in [-0.05, 0) is 48.3 Å². The van der Waals surface area contributed by atoms with Crippen molar-refractivity contribution in [3.05, 3.63) is 54.6 Å². The summed E-state index contributed by atoms with van der Waals surface area (Å²) in [5, 5.41) is 6.26. The van der Waals surface area contributed by atoms with Gasteiger partial charge in [-0.25, -0.2) is 4.79 Å². The topological polar surface area (TPSA) is 44.4 Å². The molecule has 1 heterocycles. The maximum atomic E-state index is 12.6. The molecule has 1 aliphatic rings. The van der Waals surface area contributed by atoms with Crippen LogP contribution in [0.15, 0.2) is 54.6 Å². The van der Waals surface area contributed by atoms with Crippen molar-refractivity contribution in [1.29, 1.82) is 0 Å².